The number of fused-ring (bicyclic) bond motifs is 1. The van der Waals surface area contributed by atoms with Gasteiger partial charge in [0.25, 0.3) is 0 Å². The Morgan fingerprint density at radius 2 is 2.16 bits per heavy atom. The average Bonchev–Trinajstić information content (AvgIpc) is 3.25. The van der Waals surface area contributed by atoms with Crippen molar-refractivity contribution < 1.29 is 14.3 Å². The maximum absolute atomic E-state index is 12.0. The van der Waals surface area contributed by atoms with E-state index >= 15 is 0 Å². The first-order valence-corrected chi connectivity index (χ1v) is 6.72. The van der Waals surface area contributed by atoms with E-state index in [4.69, 9.17) is 4.74 Å². The zero-order valence-corrected chi connectivity index (χ0v) is 10.7. The predicted octanol–water partition coefficient (Wildman–Crippen LogP) is 2.23. The van der Waals surface area contributed by atoms with Crippen LogP contribution in [0.15, 0.2) is 30.3 Å². The van der Waals surface area contributed by atoms with Crippen LogP contribution in [0, 0.1) is 11.8 Å². The van der Waals surface area contributed by atoms with Crippen molar-refractivity contribution in [1.29, 1.82) is 0 Å². The van der Waals surface area contributed by atoms with Gasteiger partial charge in [-0.25, -0.2) is 4.79 Å². The third-order valence-corrected chi connectivity index (χ3v) is 4.07. The van der Waals surface area contributed by atoms with Gasteiger partial charge >= 0.3 is 6.09 Å². The molecule has 0 aromatic heterocycles. The van der Waals surface area contributed by atoms with E-state index in [0.717, 1.165) is 24.7 Å². The van der Waals surface area contributed by atoms with Gasteiger partial charge < -0.3 is 14.4 Å². The van der Waals surface area contributed by atoms with Gasteiger partial charge in [0.2, 0.25) is 0 Å². The van der Waals surface area contributed by atoms with Crippen LogP contribution in [0.5, 0.6) is 0 Å². The molecule has 0 spiro atoms. The Balaban J connectivity index is 1.53. The fraction of sp³-hybridized carbons (Fsp3) is 0.467. The van der Waals surface area contributed by atoms with Gasteiger partial charge in [0.1, 0.15) is 12.9 Å². The number of hydrogen-bond donors (Lipinski definition) is 0. The monoisotopic (exact) mass is 259 g/mol. The van der Waals surface area contributed by atoms with Gasteiger partial charge in [-0.15, -0.1) is 0 Å². The van der Waals surface area contributed by atoms with Crippen molar-refractivity contribution in [3.8, 4) is 0 Å². The summed E-state index contributed by atoms with van der Waals surface area (Å²) < 4.78 is 5.33. The molecule has 0 N–H and O–H groups in total. The van der Waals surface area contributed by atoms with Crippen LogP contribution >= 0.6 is 0 Å². The quantitative estimate of drug-likeness (QED) is 0.782. The van der Waals surface area contributed by atoms with Crippen LogP contribution in [0.3, 0.4) is 0 Å². The summed E-state index contributed by atoms with van der Waals surface area (Å²) in [5.74, 6) is 0.513. The van der Waals surface area contributed by atoms with Crippen LogP contribution in [0.4, 0.5) is 4.79 Å². The standard InChI is InChI=1S/C15H17NO3/c17-9-12-6-7-16(14-8-13(12)14)15(18)19-10-11-4-2-1-3-5-11/h1-5,9,12-14H,6-8,10H2. The van der Waals surface area contributed by atoms with Crippen molar-refractivity contribution in [3.05, 3.63) is 35.9 Å². The van der Waals surface area contributed by atoms with E-state index in [1.807, 2.05) is 30.3 Å². The Bertz CT molecular complexity index is 474. The van der Waals surface area contributed by atoms with Crippen molar-refractivity contribution in [2.24, 2.45) is 11.8 Å². The second-order valence-electron chi connectivity index (χ2n) is 5.29. The van der Waals surface area contributed by atoms with Gasteiger partial charge in [0.15, 0.2) is 0 Å². The Kier molecular flexibility index (Phi) is 3.23. The summed E-state index contributed by atoms with van der Waals surface area (Å²) >= 11 is 0. The molecule has 3 atom stereocenters. The van der Waals surface area contributed by atoms with Gasteiger partial charge in [-0.2, -0.15) is 0 Å². The summed E-state index contributed by atoms with van der Waals surface area (Å²) in [6, 6.07) is 9.89. The number of carbonyl (C=O) groups excluding carboxylic acids is 2. The minimum absolute atomic E-state index is 0.142. The molecule has 1 heterocycles. The van der Waals surface area contributed by atoms with Crippen molar-refractivity contribution >= 4 is 12.4 Å². The molecule has 1 aromatic rings. The first kappa shape index (κ1) is 12.2. The van der Waals surface area contributed by atoms with Crippen LogP contribution in [0.2, 0.25) is 0 Å². The van der Waals surface area contributed by atoms with E-state index in [0.29, 0.717) is 19.1 Å². The maximum Gasteiger partial charge on any atom is 0.410 e. The highest BCUT2D eigenvalue weighted by Gasteiger charge is 2.51. The molecule has 0 bridgehead atoms. The number of amides is 1. The fourth-order valence-corrected chi connectivity index (χ4v) is 2.88. The molecule has 4 nitrogen and oxygen atoms in total. The SMILES string of the molecule is O=CC1CCN(C(=O)OCc2ccccc2)C2CC12. The molecule has 3 unspecified atom stereocenters. The highest BCUT2D eigenvalue weighted by Crippen LogP contribution is 2.46. The molecule has 2 fully saturated rings. The Morgan fingerprint density at radius 3 is 2.89 bits per heavy atom. The molecule has 1 saturated heterocycles. The molecule has 2 aliphatic rings. The smallest absolute Gasteiger partial charge is 0.410 e. The lowest BCUT2D eigenvalue weighted by Crippen LogP contribution is -2.40. The van der Waals surface area contributed by atoms with Crippen LogP contribution in [-0.4, -0.2) is 29.9 Å². The lowest BCUT2D eigenvalue weighted by Gasteiger charge is -2.28. The van der Waals surface area contributed by atoms with Gasteiger partial charge in [-0.1, -0.05) is 30.3 Å². The third-order valence-electron chi connectivity index (χ3n) is 4.07. The van der Waals surface area contributed by atoms with Crippen molar-refractivity contribution in [2.75, 3.05) is 6.54 Å². The molecule has 0 radical (unpaired) electrons. The molecular formula is C15H17NO3. The Labute approximate surface area is 112 Å². The summed E-state index contributed by atoms with van der Waals surface area (Å²) in [6.07, 6.45) is 2.51. The van der Waals surface area contributed by atoms with Gasteiger partial charge in [-0.05, 0) is 24.3 Å². The van der Waals surface area contributed by atoms with Crippen molar-refractivity contribution in [1.82, 2.24) is 4.90 Å². The molecule has 4 heteroatoms. The minimum Gasteiger partial charge on any atom is -0.445 e. The number of aldehydes is 1. The largest absolute Gasteiger partial charge is 0.445 e. The predicted molar refractivity (Wildman–Crippen MR) is 69.4 cm³/mol. The number of benzene rings is 1. The normalized spacial score (nSPS) is 28.4. The summed E-state index contributed by atoms with van der Waals surface area (Å²) in [6.45, 7) is 0.947. The van der Waals surface area contributed by atoms with E-state index in [1.54, 1.807) is 4.90 Å². The number of rotatable bonds is 3. The van der Waals surface area contributed by atoms with E-state index < -0.39 is 0 Å². The Morgan fingerprint density at radius 1 is 1.37 bits per heavy atom. The van der Waals surface area contributed by atoms with E-state index in [1.165, 1.54) is 0 Å². The summed E-state index contributed by atoms with van der Waals surface area (Å²) in [7, 11) is 0. The summed E-state index contributed by atoms with van der Waals surface area (Å²) in [5.41, 5.74) is 0.992. The fourth-order valence-electron chi connectivity index (χ4n) is 2.88. The number of piperidine rings is 1. The zero-order chi connectivity index (χ0) is 13.2. The first-order chi connectivity index (χ1) is 9.29. The Hall–Kier alpha value is -1.84. The lowest BCUT2D eigenvalue weighted by molar-refractivity contribution is -0.112. The molecule has 19 heavy (non-hydrogen) atoms. The molecule has 1 aromatic carbocycles. The van der Waals surface area contributed by atoms with Gasteiger partial charge in [-0.3, -0.25) is 0 Å². The number of nitrogens with zero attached hydrogens (tertiary/aromatic N) is 1. The molecule has 1 aliphatic carbocycles. The highest BCUT2D eigenvalue weighted by molar-refractivity contribution is 5.70. The van der Waals surface area contributed by atoms with E-state index in [-0.39, 0.29) is 18.1 Å². The highest BCUT2D eigenvalue weighted by atomic mass is 16.6. The zero-order valence-electron chi connectivity index (χ0n) is 10.7. The number of hydrogen-bond acceptors (Lipinski definition) is 3. The molecule has 100 valence electrons. The maximum atomic E-state index is 12.0. The van der Waals surface area contributed by atoms with E-state index in [2.05, 4.69) is 0 Å². The van der Waals surface area contributed by atoms with Gasteiger partial charge in [0.05, 0.1) is 0 Å². The molecule has 1 amide bonds. The number of carbonyl (C=O) groups is 2. The van der Waals surface area contributed by atoms with Crippen LogP contribution in [-0.2, 0) is 16.1 Å². The van der Waals surface area contributed by atoms with Gasteiger partial charge in [0, 0.05) is 18.5 Å². The molecule has 1 saturated carbocycles. The molecule has 1 aliphatic heterocycles. The summed E-state index contributed by atoms with van der Waals surface area (Å²) in [4.78, 5) is 24.7. The molecule has 3 rings (SSSR count). The molecular weight excluding hydrogens is 242 g/mol. The minimum atomic E-state index is -0.249. The van der Waals surface area contributed by atoms with E-state index in [9.17, 15) is 9.59 Å². The number of likely N-dealkylation sites (tertiary alicyclic amines) is 1. The number of ether oxygens (including phenoxy) is 1. The third kappa shape index (κ3) is 2.48. The van der Waals surface area contributed by atoms with Crippen LogP contribution in [0.1, 0.15) is 18.4 Å². The van der Waals surface area contributed by atoms with Crippen molar-refractivity contribution in [2.45, 2.75) is 25.5 Å². The van der Waals surface area contributed by atoms with Crippen molar-refractivity contribution in [3.63, 3.8) is 0 Å². The first-order valence-electron chi connectivity index (χ1n) is 6.72. The van der Waals surface area contributed by atoms with Crippen LogP contribution < -0.4 is 0 Å². The van der Waals surface area contributed by atoms with Crippen LogP contribution in [0.25, 0.3) is 0 Å². The second-order valence-corrected chi connectivity index (χ2v) is 5.29. The second kappa shape index (κ2) is 5.03. The average molecular weight is 259 g/mol. The lowest BCUT2D eigenvalue weighted by atomic mass is 9.98. The topological polar surface area (TPSA) is 46.6 Å². The summed E-state index contributed by atoms with van der Waals surface area (Å²) in [5, 5.41) is 0.